The van der Waals surface area contributed by atoms with Crippen molar-refractivity contribution in [3.63, 3.8) is 0 Å². The molecule has 0 amide bonds. The number of aromatic nitrogens is 1. The lowest BCUT2D eigenvalue weighted by molar-refractivity contribution is 0.0268. The van der Waals surface area contributed by atoms with Crippen molar-refractivity contribution in [1.29, 1.82) is 0 Å². The van der Waals surface area contributed by atoms with Crippen LogP contribution < -0.4 is 5.32 Å². The molecule has 4 nitrogen and oxygen atoms in total. The molecule has 2 aliphatic rings. The summed E-state index contributed by atoms with van der Waals surface area (Å²) in [5.74, 6) is 2.20. The quantitative estimate of drug-likeness (QED) is 0.867. The first-order chi connectivity index (χ1) is 10.7. The number of thioether (sulfide) groups is 1. The van der Waals surface area contributed by atoms with Crippen LogP contribution >= 0.6 is 11.8 Å². The van der Waals surface area contributed by atoms with Crippen LogP contribution in [0, 0.1) is 0 Å². The Bertz CT molecular complexity index is 442. The van der Waals surface area contributed by atoms with Crippen molar-refractivity contribution < 1.29 is 5.11 Å². The van der Waals surface area contributed by atoms with E-state index in [0.717, 1.165) is 50.5 Å². The summed E-state index contributed by atoms with van der Waals surface area (Å²) >= 11 is 1.96. The van der Waals surface area contributed by atoms with Gasteiger partial charge in [-0.25, -0.2) is 0 Å². The van der Waals surface area contributed by atoms with Gasteiger partial charge in [0.15, 0.2) is 0 Å². The lowest BCUT2D eigenvalue weighted by atomic mass is 9.95. The molecule has 2 fully saturated rings. The minimum Gasteiger partial charge on any atom is -0.389 e. The average molecular weight is 321 g/mol. The number of nitrogens with zero attached hydrogens (tertiary/aromatic N) is 2. The molecule has 0 atom stereocenters. The molecule has 0 unspecified atom stereocenters. The zero-order valence-electron chi connectivity index (χ0n) is 13.2. The summed E-state index contributed by atoms with van der Waals surface area (Å²) in [6.07, 6.45) is 8.00. The second kappa shape index (κ2) is 7.77. The van der Waals surface area contributed by atoms with Crippen LogP contribution in [0.25, 0.3) is 0 Å². The van der Waals surface area contributed by atoms with E-state index in [1.165, 1.54) is 18.4 Å². The Morgan fingerprint density at radius 3 is 2.77 bits per heavy atom. The van der Waals surface area contributed by atoms with Gasteiger partial charge in [-0.1, -0.05) is 6.07 Å². The zero-order chi connectivity index (χ0) is 15.3. The van der Waals surface area contributed by atoms with Gasteiger partial charge in [-0.3, -0.25) is 9.88 Å². The Kier molecular flexibility index (Phi) is 5.74. The van der Waals surface area contributed by atoms with E-state index < -0.39 is 5.60 Å². The van der Waals surface area contributed by atoms with Crippen LogP contribution in [0.1, 0.15) is 31.2 Å². The monoisotopic (exact) mass is 321 g/mol. The number of hydrogen-bond donors (Lipinski definition) is 2. The van der Waals surface area contributed by atoms with E-state index in [9.17, 15) is 5.11 Å². The second-order valence-electron chi connectivity index (χ2n) is 6.63. The Morgan fingerprint density at radius 2 is 2.09 bits per heavy atom. The van der Waals surface area contributed by atoms with Gasteiger partial charge in [0.25, 0.3) is 0 Å². The van der Waals surface area contributed by atoms with Crippen molar-refractivity contribution in [1.82, 2.24) is 15.2 Å². The lowest BCUT2D eigenvalue weighted by Crippen LogP contribution is -2.49. The molecule has 1 aromatic heterocycles. The fraction of sp³-hybridized carbons (Fsp3) is 0.706. The van der Waals surface area contributed by atoms with Crippen molar-refractivity contribution in [3.05, 3.63) is 30.1 Å². The van der Waals surface area contributed by atoms with Crippen LogP contribution in [0.4, 0.5) is 0 Å². The first kappa shape index (κ1) is 16.2. The van der Waals surface area contributed by atoms with Gasteiger partial charge in [0.05, 0.1) is 5.60 Å². The largest absolute Gasteiger partial charge is 0.389 e. The van der Waals surface area contributed by atoms with Crippen molar-refractivity contribution in [2.75, 3.05) is 31.1 Å². The smallest absolute Gasteiger partial charge is 0.0787 e. The van der Waals surface area contributed by atoms with E-state index in [0.29, 0.717) is 6.04 Å². The highest BCUT2D eigenvalue weighted by atomic mass is 32.2. The fourth-order valence-corrected chi connectivity index (χ4v) is 4.56. The van der Waals surface area contributed by atoms with Crippen LogP contribution in [0.2, 0.25) is 0 Å². The van der Waals surface area contributed by atoms with Crippen LogP contribution in [0.15, 0.2) is 24.5 Å². The van der Waals surface area contributed by atoms with Crippen molar-refractivity contribution in [2.45, 2.75) is 43.9 Å². The molecule has 2 saturated heterocycles. The zero-order valence-corrected chi connectivity index (χ0v) is 14.0. The van der Waals surface area contributed by atoms with Crippen LogP contribution in [-0.2, 0) is 6.54 Å². The van der Waals surface area contributed by atoms with Gasteiger partial charge in [0.1, 0.15) is 0 Å². The van der Waals surface area contributed by atoms with Crippen LogP contribution in [0.3, 0.4) is 0 Å². The van der Waals surface area contributed by atoms with Crippen molar-refractivity contribution in [2.24, 2.45) is 0 Å². The Balaban J connectivity index is 1.38. The van der Waals surface area contributed by atoms with Gasteiger partial charge in [0.2, 0.25) is 0 Å². The maximum absolute atomic E-state index is 10.6. The number of rotatable bonds is 5. The molecule has 3 rings (SSSR count). The third kappa shape index (κ3) is 4.69. The standard InChI is InChI=1S/C17H27N3OS/c21-17(5-10-22-11-6-17)14-19-16-3-8-20(9-4-16)13-15-2-1-7-18-12-15/h1-2,7,12,16,19,21H,3-6,8-11,13-14H2. The summed E-state index contributed by atoms with van der Waals surface area (Å²) < 4.78 is 0. The summed E-state index contributed by atoms with van der Waals surface area (Å²) in [6.45, 7) is 4.02. The number of hydrogen-bond acceptors (Lipinski definition) is 5. The molecule has 2 aliphatic heterocycles. The van der Waals surface area contributed by atoms with Gasteiger partial charge in [-0.2, -0.15) is 11.8 Å². The van der Waals surface area contributed by atoms with E-state index in [1.54, 1.807) is 0 Å². The number of likely N-dealkylation sites (tertiary alicyclic amines) is 1. The summed E-state index contributed by atoms with van der Waals surface area (Å²) in [5, 5.41) is 14.2. The second-order valence-corrected chi connectivity index (χ2v) is 7.85. The van der Waals surface area contributed by atoms with E-state index in [-0.39, 0.29) is 0 Å². The molecule has 0 radical (unpaired) electrons. The van der Waals surface area contributed by atoms with E-state index in [4.69, 9.17) is 0 Å². The average Bonchev–Trinajstić information content (AvgIpc) is 2.56. The minimum absolute atomic E-state index is 0.460. The molecule has 0 saturated carbocycles. The molecular formula is C17H27N3OS. The number of nitrogens with one attached hydrogen (secondary N) is 1. The van der Waals surface area contributed by atoms with Gasteiger partial charge in [-0.15, -0.1) is 0 Å². The maximum atomic E-state index is 10.6. The van der Waals surface area contributed by atoms with Crippen LogP contribution in [-0.4, -0.2) is 57.8 Å². The molecule has 0 aromatic carbocycles. The fourth-order valence-electron chi connectivity index (χ4n) is 3.31. The first-order valence-corrected chi connectivity index (χ1v) is 9.54. The normalized spacial score (nSPS) is 23.5. The van der Waals surface area contributed by atoms with Crippen molar-refractivity contribution in [3.8, 4) is 0 Å². The summed E-state index contributed by atoms with van der Waals surface area (Å²) in [5.41, 5.74) is 0.834. The third-order valence-electron chi connectivity index (χ3n) is 4.86. The van der Waals surface area contributed by atoms with Gasteiger partial charge < -0.3 is 10.4 Å². The maximum Gasteiger partial charge on any atom is 0.0787 e. The molecule has 2 N–H and O–H groups in total. The van der Waals surface area contributed by atoms with E-state index in [1.807, 2.05) is 30.2 Å². The van der Waals surface area contributed by atoms with Crippen LogP contribution in [0.5, 0.6) is 0 Å². The lowest BCUT2D eigenvalue weighted by Gasteiger charge is -2.36. The predicted octanol–water partition coefficient (Wildman–Crippen LogP) is 1.89. The molecule has 1 aromatic rings. The molecule has 22 heavy (non-hydrogen) atoms. The summed E-state index contributed by atoms with van der Waals surface area (Å²) in [7, 11) is 0. The molecular weight excluding hydrogens is 294 g/mol. The predicted molar refractivity (Wildman–Crippen MR) is 92.0 cm³/mol. The molecule has 3 heterocycles. The Labute approximate surface area is 137 Å². The number of piperidine rings is 1. The van der Waals surface area contributed by atoms with Gasteiger partial charge in [0, 0.05) is 31.5 Å². The third-order valence-corrected chi connectivity index (χ3v) is 5.85. The Hall–Kier alpha value is -0.620. The SMILES string of the molecule is OC1(CNC2CCN(Cc3cccnc3)CC2)CCSCC1. The molecule has 0 aliphatic carbocycles. The van der Waals surface area contributed by atoms with Gasteiger partial charge >= 0.3 is 0 Å². The molecule has 0 spiro atoms. The van der Waals surface area contributed by atoms with E-state index in [2.05, 4.69) is 21.3 Å². The molecule has 5 heteroatoms. The molecule has 0 bridgehead atoms. The number of aliphatic hydroxyl groups is 1. The van der Waals surface area contributed by atoms with Crippen molar-refractivity contribution >= 4 is 11.8 Å². The highest BCUT2D eigenvalue weighted by Gasteiger charge is 2.30. The number of pyridine rings is 1. The minimum atomic E-state index is -0.460. The topological polar surface area (TPSA) is 48.4 Å². The van der Waals surface area contributed by atoms with E-state index >= 15 is 0 Å². The highest BCUT2D eigenvalue weighted by molar-refractivity contribution is 7.99. The summed E-state index contributed by atoms with van der Waals surface area (Å²) in [6, 6.07) is 4.71. The van der Waals surface area contributed by atoms with Gasteiger partial charge in [-0.05, 0) is 61.9 Å². The summed E-state index contributed by atoms with van der Waals surface area (Å²) in [4.78, 5) is 6.69. The molecule has 122 valence electrons. The highest BCUT2D eigenvalue weighted by Crippen LogP contribution is 2.26. The first-order valence-electron chi connectivity index (χ1n) is 8.38. The Morgan fingerprint density at radius 1 is 1.32 bits per heavy atom.